The van der Waals surface area contributed by atoms with Crippen molar-refractivity contribution >= 4 is 0 Å². The van der Waals surface area contributed by atoms with Gasteiger partial charge in [0.1, 0.15) is 12.4 Å². The lowest BCUT2D eigenvalue weighted by atomic mass is 10.1. The van der Waals surface area contributed by atoms with Crippen LogP contribution in [0.1, 0.15) is 37.5 Å². The van der Waals surface area contributed by atoms with E-state index in [1.807, 2.05) is 25.1 Å². The van der Waals surface area contributed by atoms with Crippen molar-refractivity contribution in [3.8, 4) is 5.75 Å². The molecule has 1 aromatic carbocycles. The van der Waals surface area contributed by atoms with E-state index < -0.39 is 6.10 Å². The third-order valence-corrected chi connectivity index (χ3v) is 2.55. The summed E-state index contributed by atoms with van der Waals surface area (Å²) in [4.78, 5) is 0. The summed E-state index contributed by atoms with van der Waals surface area (Å²) in [6, 6.07) is 5.83. The topological polar surface area (TPSA) is 29.5 Å². The molecule has 0 amide bonds. The summed E-state index contributed by atoms with van der Waals surface area (Å²) < 4.78 is 5.67. The van der Waals surface area contributed by atoms with Crippen molar-refractivity contribution < 1.29 is 9.84 Å². The van der Waals surface area contributed by atoms with E-state index in [9.17, 15) is 5.11 Å². The van der Waals surface area contributed by atoms with E-state index in [4.69, 9.17) is 4.74 Å². The van der Waals surface area contributed by atoms with Crippen molar-refractivity contribution in [2.75, 3.05) is 6.61 Å². The second-order valence-corrected chi connectivity index (χ2v) is 4.11. The number of hydrogen-bond acceptors (Lipinski definition) is 2. The third-order valence-electron chi connectivity index (χ3n) is 2.55. The van der Waals surface area contributed by atoms with Crippen LogP contribution in [0.4, 0.5) is 0 Å². The molecular formula is C14H20O2. The predicted molar refractivity (Wildman–Crippen MR) is 66.7 cm³/mol. The van der Waals surface area contributed by atoms with E-state index in [0.717, 1.165) is 28.9 Å². The van der Waals surface area contributed by atoms with Crippen LogP contribution in [0.3, 0.4) is 0 Å². The zero-order valence-corrected chi connectivity index (χ0v) is 10.3. The lowest BCUT2D eigenvalue weighted by molar-refractivity contribution is 0.192. The first-order valence-electron chi connectivity index (χ1n) is 5.62. The van der Waals surface area contributed by atoms with Gasteiger partial charge in [-0.3, -0.25) is 0 Å². The summed E-state index contributed by atoms with van der Waals surface area (Å²) in [7, 11) is 0. The maximum Gasteiger partial charge on any atom is 0.125 e. The molecule has 1 aromatic rings. The van der Waals surface area contributed by atoms with Crippen LogP contribution >= 0.6 is 0 Å². The van der Waals surface area contributed by atoms with Gasteiger partial charge in [-0.15, -0.1) is 0 Å². The lowest BCUT2D eigenvalue weighted by Crippen LogP contribution is -2.04. The van der Waals surface area contributed by atoms with E-state index in [0.29, 0.717) is 6.61 Å². The Kier molecular flexibility index (Phi) is 4.56. The largest absolute Gasteiger partial charge is 0.489 e. The highest BCUT2D eigenvalue weighted by Crippen LogP contribution is 2.26. The van der Waals surface area contributed by atoms with Gasteiger partial charge in [0, 0.05) is 5.56 Å². The van der Waals surface area contributed by atoms with Crippen molar-refractivity contribution in [2.24, 2.45) is 0 Å². The molecule has 0 aromatic heterocycles. The first-order chi connectivity index (χ1) is 7.54. The Balaban J connectivity index is 2.84. The van der Waals surface area contributed by atoms with Gasteiger partial charge < -0.3 is 9.84 Å². The van der Waals surface area contributed by atoms with E-state index in [1.54, 1.807) is 6.92 Å². The van der Waals surface area contributed by atoms with Crippen LogP contribution in [0.2, 0.25) is 0 Å². The van der Waals surface area contributed by atoms with Crippen LogP contribution in [0.15, 0.2) is 30.4 Å². The maximum absolute atomic E-state index is 9.62. The summed E-state index contributed by atoms with van der Waals surface area (Å²) in [5, 5.41) is 9.62. The van der Waals surface area contributed by atoms with E-state index >= 15 is 0 Å². The Morgan fingerprint density at radius 3 is 2.75 bits per heavy atom. The maximum atomic E-state index is 9.62. The average molecular weight is 220 g/mol. The minimum atomic E-state index is -0.509. The highest BCUT2D eigenvalue weighted by Gasteiger charge is 2.09. The molecule has 0 aliphatic heterocycles. The second kappa shape index (κ2) is 5.71. The minimum absolute atomic E-state index is 0.509. The van der Waals surface area contributed by atoms with Crippen molar-refractivity contribution in [1.82, 2.24) is 0 Å². The Labute approximate surface area is 97.6 Å². The molecule has 1 rings (SSSR count). The first kappa shape index (κ1) is 12.8. The molecule has 0 aliphatic carbocycles. The van der Waals surface area contributed by atoms with Crippen molar-refractivity contribution in [2.45, 2.75) is 33.3 Å². The van der Waals surface area contributed by atoms with E-state index in [2.05, 4.69) is 13.5 Å². The van der Waals surface area contributed by atoms with Crippen LogP contribution in [-0.4, -0.2) is 11.7 Å². The fourth-order valence-corrected chi connectivity index (χ4v) is 1.39. The van der Waals surface area contributed by atoms with Gasteiger partial charge in [0.05, 0.1) is 6.10 Å². The number of rotatable bonds is 5. The number of aliphatic hydroxyl groups excluding tert-OH is 1. The Morgan fingerprint density at radius 1 is 1.50 bits per heavy atom. The average Bonchev–Trinajstić information content (AvgIpc) is 2.25. The van der Waals surface area contributed by atoms with Gasteiger partial charge in [0.15, 0.2) is 0 Å². The monoisotopic (exact) mass is 220 g/mol. The number of aryl methyl sites for hydroxylation is 1. The Morgan fingerprint density at radius 2 is 2.19 bits per heavy atom. The Hall–Kier alpha value is -1.28. The summed E-state index contributed by atoms with van der Waals surface area (Å²) in [6.45, 7) is 10.2. The van der Waals surface area contributed by atoms with Crippen molar-refractivity contribution in [3.63, 3.8) is 0 Å². The third kappa shape index (κ3) is 3.38. The summed E-state index contributed by atoms with van der Waals surface area (Å²) in [6.07, 6.45) is 0.404. The summed E-state index contributed by atoms with van der Waals surface area (Å²) >= 11 is 0. The van der Waals surface area contributed by atoms with Gasteiger partial charge in [-0.2, -0.15) is 0 Å². The molecule has 1 unspecified atom stereocenters. The summed E-state index contributed by atoms with van der Waals surface area (Å²) in [5.41, 5.74) is 3.01. The highest BCUT2D eigenvalue weighted by molar-refractivity contribution is 5.38. The summed E-state index contributed by atoms with van der Waals surface area (Å²) in [5.74, 6) is 0.754. The zero-order valence-electron chi connectivity index (χ0n) is 10.3. The molecule has 0 saturated carbocycles. The zero-order chi connectivity index (χ0) is 12.1. The molecule has 0 saturated heterocycles. The van der Waals surface area contributed by atoms with Crippen LogP contribution < -0.4 is 4.74 Å². The van der Waals surface area contributed by atoms with Crippen LogP contribution in [0.25, 0.3) is 0 Å². The molecule has 0 radical (unpaired) electrons. The smallest absolute Gasteiger partial charge is 0.125 e. The lowest BCUT2D eigenvalue weighted by Gasteiger charge is -2.14. The second-order valence-electron chi connectivity index (χ2n) is 4.11. The van der Waals surface area contributed by atoms with Crippen LogP contribution in [-0.2, 0) is 0 Å². The molecule has 2 heteroatoms. The normalized spacial score (nSPS) is 12.2. The fraction of sp³-hybridized carbons (Fsp3) is 0.429. The molecule has 88 valence electrons. The standard InChI is InChI=1S/C14H20O2/c1-5-10(2)9-16-14-8-11(3)6-7-13(14)12(4)15/h6-8,12,15H,2,5,9H2,1,3-4H3. The Bertz CT molecular complexity index is 367. The van der Waals surface area contributed by atoms with E-state index in [1.165, 1.54) is 0 Å². The minimum Gasteiger partial charge on any atom is -0.489 e. The molecule has 1 atom stereocenters. The quantitative estimate of drug-likeness (QED) is 0.771. The number of ether oxygens (including phenoxy) is 1. The molecule has 0 fully saturated rings. The van der Waals surface area contributed by atoms with Gasteiger partial charge in [0.2, 0.25) is 0 Å². The molecular weight excluding hydrogens is 200 g/mol. The van der Waals surface area contributed by atoms with Crippen molar-refractivity contribution in [3.05, 3.63) is 41.5 Å². The van der Waals surface area contributed by atoms with Crippen LogP contribution in [0, 0.1) is 6.92 Å². The molecule has 0 spiro atoms. The van der Waals surface area contributed by atoms with Gasteiger partial charge in [0.25, 0.3) is 0 Å². The molecule has 0 aliphatic rings. The first-order valence-corrected chi connectivity index (χ1v) is 5.62. The predicted octanol–water partition coefficient (Wildman–Crippen LogP) is 3.39. The van der Waals surface area contributed by atoms with Crippen LogP contribution in [0.5, 0.6) is 5.75 Å². The number of benzene rings is 1. The number of hydrogen-bond donors (Lipinski definition) is 1. The molecule has 16 heavy (non-hydrogen) atoms. The highest BCUT2D eigenvalue weighted by atomic mass is 16.5. The molecule has 2 nitrogen and oxygen atoms in total. The SMILES string of the molecule is C=C(CC)COc1cc(C)ccc1C(C)O. The molecule has 0 heterocycles. The van der Waals surface area contributed by atoms with Crippen molar-refractivity contribution in [1.29, 1.82) is 0 Å². The van der Waals surface area contributed by atoms with Gasteiger partial charge in [-0.25, -0.2) is 0 Å². The van der Waals surface area contributed by atoms with Gasteiger partial charge in [-0.1, -0.05) is 25.6 Å². The molecule has 0 bridgehead atoms. The van der Waals surface area contributed by atoms with Gasteiger partial charge >= 0.3 is 0 Å². The molecule has 1 N–H and O–H groups in total. The van der Waals surface area contributed by atoms with Gasteiger partial charge in [-0.05, 0) is 37.5 Å². The fourth-order valence-electron chi connectivity index (χ4n) is 1.39. The number of aliphatic hydroxyl groups is 1. The van der Waals surface area contributed by atoms with E-state index in [-0.39, 0.29) is 0 Å².